The quantitative estimate of drug-likeness (QED) is 0.246. The van der Waals surface area contributed by atoms with Crippen molar-refractivity contribution in [2.75, 3.05) is 46.1 Å². The zero-order chi connectivity index (χ0) is 22.4. The van der Waals surface area contributed by atoms with Gasteiger partial charge in [0.05, 0.1) is 0 Å². The molecular weight excluding hydrogens is 469 g/mol. The van der Waals surface area contributed by atoms with E-state index in [2.05, 4.69) is 0 Å². The van der Waals surface area contributed by atoms with E-state index < -0.39 is 9.89 Å². The predicted octanol–water partition coefficient (Wildman–Crippen LogP) is 5.44. The van der Waals surface area contributed by atoms with E-state index in [-0.39, 0.29) is 19.2 Å². The molecule has 0 aromatic rings. The maximum Gasteiger partial charge on any atom is 0.409 e. The van der Waals surface area contributed by atoms with Crippen molar-refractivity contribution >= 4 is 40.9 Å². The van der Waals surface area contributed by atoms with Crippen molar-refractivity contribution in [3.8, 4) is 0 Å². The number of hydrogen-bond donors (Lipinski definition) is 0. The van der Waals surface area contributed by atoms with Crippen LogP contribution in [0.4, 0.5) is 4.79 Å². The number of alkyl halides is 3. The Morgan fingerprint density at radius 1 is 0.839 bits per heavy atom. The molecule has 0 aliphatic carbocycles. The van der Waals surface area contributed by atoms with Gasteiger partial charge < -0.3 is 28.6 Å². The molecule has 2 unspecified atom stereocenters. The lowest BCUT2D eigenvalue weighted by Gasteiger charge is -2.25. The monoisotopic (exact) mass is 503 g/mol. The van der Waals surface area contributed by atoms with Gasteiger partial charge in [0.2, 0.25) is 3.79 Å². The van der Waals surface area contributed by atoms with Gasteiger partial charge in [-0.15, -0.1) is 0 Å². The van der Waals surface area contributed by atoms with Crippen LogP contribution in [0.5, 0.6) is 0 Å². The third-order valence-corrected chi connectivity index (χ3v) is 5.47. The highest BCUT2D eigenvalue weighted by Gasteiger charge is 2.24. The highest BCUT2D eigenvalue weighted by atomic mass is 35.6. The second-order valence-corrected chi connectivity index (χ2v) is 10.4. The molecule has 2 aliphatic heterocycles. The third kappa shape index (κ3) is 13.3. The number of amides is 1. The van der Waals surface area contributed by atoms with Gasteiger partial charge in [-0.2, -0.15) is 0 Å². The molecule has 2 saturated heterocycles. The number of hydrogen-bond acceptors (Lipinski definition) is 6. The van der Waals surface area contributed by atoms with Gasteiger partial charge in [-0.3, -0.25) is 0 Å². The van der Waals surface area contributed by atoms with Crippen molar-refractivity contribution < 1.29 is 28.5 Å². The molecule has 0 N–H and O–H groups in total. The van der Waals surface area contributed by atoms with Gasteiger partial charge in [0.25, 0.3) is 0 Å². The summed E-state index contributed by atoms with van der Waals surface area (Å²) in [7, 11) is 0. The first-order valence-electron chi connectivity index (χ1n) is 11.4. The van der Waals surface area contributed by atoms with E-state index in [1.165, 1.54) is 0 Å². The Bertz CT molecular complexity index is 454. The van der Waals surface area contributed by atoms with Crippen LogP contribution in [-0.2, 0) is 23.7 Å². The van der Waals surface area contributed by atoms with Crippen LogP contribution in [0.3, 0.4) is 0 Å². The Labute approximate surface area is 200 Å². The molecule has 10 heteroatoms. The number of carbonyl (C=O) groups excluding carboxylic acids is 1. The predicted molar refractivity (Wildman–Crippen MR) is 121 cm³/mol. The molecule has 7 nitrogen and oxygen atoms in total. The van der Waals surface area contributed by atoms with E-state index in [0.717, 1.165) is 77.4 Å². The molecule has 1 amide bonds. The van der Waals surface area contributed by atoms with Gasteiger partial charge in [-0.05, 0) is 64.2 Å². The summed E-state index contributed by atoms with van der Waals surface area (Å²) in [5, 5.41) is 0. The first kappa shape index (κ1) is 27.2. The summed E-state index contributed by atoms with van der Waals surface area (Å²) >= 11 is 17.1. The summed E-state index contributed by atoms with van der Waals surface area (Å²) in [4.78, 5) is 14.1. The van der Waals surface area contributed by atoms with Crippen LogP contribution in [0.15, 0.2) is 0 Å². The number of rotatable bonds is 13. The van der Waals surface area contributed by atoms with Crippen LogP contribution >= 0.6 is 34.8 Å². The van der Waals surface area contributed by atoms with Gasteiger partial charge in [0.1, 0.15) is 6.61 Å². The number of carbonyl (C=O) groups is 1. The molecule has 182 valence electrons. The zero-order valence-corrected chi connectivity index (χ0v) is 20.5. The highest BCUT2D eigenvalue weighted by molar-refractivity contribution is 6.67. The van der Waals surface area contributed by atoms with Gasteiger partial charge in [-0.25, -0.2) is 4.79 Å². The largest absolute Gasteiger partial charge is 0.445 e. The van der Waals surface area contributed by atoms with Gasteiger partial charge >= 0.3 is 6.09 Å². The Morgan fingerprint density at radius 3 is 1.77 bits per heavy atom. The van der Waals surface area contributed by atoms with E-state index in [9.17, 15) is 4.79 Å². The fraction of sp³-hybridized carbons (Fsp3) is 0.952. The van der Waals surface area contributed by atoms with Crippen molar-refractivity contribution in [1.82, 2.24) is 4.90 Å². The first-order valence-corrected chi connectivity index (χ1v) is 12.5. The van der Waals surface area contributed by atoms with Crippen molar-refractivity contribution in [2.24, 2.45) is 0 Å². The Balaban J connectivity index is 1.63. The summed E-state index contributed by atoms with van der Waals surface area (Å²) in [6.45, 7) is 3.58. The molecule has 2 rings (SSSR count). The molecule has 0 radical (unpaired) electrons. The fourth-order valence-electron chi connectivity index (χ4n) is 3.45. The Hall–Kier alpha value is -0.0200. The smallest absolute Gasteiger partial charge is 0.409 e. The van der Waals surface area contributed by atoms with E-state index in [1.54, 1.807) is 4.90 Å². The minimum absolute atomic E-state index is 0.0905. The molecule has 0 bridgehead atoms. The minimum atomic E-state index is -1.62. The van der Waals surface area contributed by atoms with Gasteiger partial charge in [-0.1, -0.05) is 34.8 Å². The van der Waals surface area contributed by atoms with Crippen LogP contribution in [-0.4, -0.2) is 73.5 Å². The van der Waals surface area contributed by atoms with Crippen LogP contribution in [0.25, 0.3) is 0 Å². The third-order valence-electron chi connectivity index (χ3n) is 5.15. The molecule has 0 aromatic carbocycles. The number of halogens is 3. The van der Waals surface area contributed by atoms with Crippen LogP contribution < -0.4 is 0 Å². The maximum absolute atomic E-state index is 12.4. The van der Waals surface area contributed by atoms with Crippen LogP contribution in [0, 0.1) is 0 Å². The molecule has 0 saturated carbocycles. The number of ether oxygens (including phenoxy) is 5. The van der Waals surface area contributed by atoms with E-state index in [0.29, 0.717) is 26.3 Å². The molecule has 2 heterocycles. The molecule has 31 heavy (non-hydrogen) atoms. The van der Waals surface area contributed by atoms with E-state index in [4.69, 9.17) is 58.5 Å². The molecular formula is C21H36Cl3NO6. The first-order chi connectivity index (χ1) is 14.9. The Kier molecular flexibility index (Phi) is 13.8. The van der Waals surface area contributed by atoms with E-state index >= 15 is 0 Å². The molecule has 2 aliphatic rings. The molecule has 0 spiro atoms. The molecule has 0 aromatic heterocycles. The minimum Gasteiger partial charge on any atom is -0.445 e. The summed E-state index contributed by atoms with van der Waals surface area (Å²) in [6.07, 6.45) is 8.98. The van der Waals surface area contributed by atoms with Crippen molar-refractivity contribution in [1.29, 1.82) is 0 Å². The Morgan fingerprint density at radius 2 is 1.35 bits per heavy atom. The second kappa shape index (κ2) is 15.8. The summed E-state index contributed by atoms with van der Waals surface area (Å²) in [5.74, 6) is 0. The topological polar surface area (TPSA) is 66.5 Å². The van der Waals surface area contributed by atoms with Gasteiger partial charge in [0.15, 0.2) is 12.6 Å². The SMILES string of the molecule is O=C(OCC(Cl)(Cl)Cl)N(CCCCOC1CCCCO1)CCCCOC1CCCCO1. The normalized spacial score (nSPS) is 22.3. The summed E-state index contributed by atoms with van der Waals surface area (Å²) in [6, 6.07) is 0. The highest BCUT2D eigenvalue weighted by Crippen LogP contribution is 2.26. The van der Waals surface area contributed by atoms with Crippen molar-refractivity contribution in [2.45, 2.75) is 80.6 Å². The van der Waals surface area contributed by atoms with Gasteiger partial charge in [0, 0.05) is 39.5 Å². The molecule has 2 fully saturated rings. The fourth-order valence-corrected chi connectivity index (χ4v) is 3.62. The average molecular weight is 505 g/mol. The molecule has 2 atom stereocenters. The van der Waals surface area contributed by atoms with Crippen molar-refractivity contribution in [3.63, 3.8) is 0 Å². The number of unbranched alkanes of at least 4 members (excludes halogenated alkanes) is 2. The maximum atomic E-state index is 12.4. The van der Waals surface area contributed by atoms with Crippen LogP contribution in [0.1, 0.15) is 64.2 Å². The average Bonchev–Trinajstić information content (AvgIpc) is 2.76. The van der Waals surface area contributed by atoms with Crippen molar-refractivity contribution in [3.05, 3.63) is 0 Å². The standard InChI is InChI=1S/C21H36Cl3NO6/c22-21(23,24)17-31-20(26)25(11-3-7-15-29-18-9-1-5-13-27-18)12-4-8-16-30-19-10-2-6-14-28-19/h18-19H,1-17H2. The van der Waals surface area contributed by atoms with Crippen LogP contribution in [0.2, 0.25) is 0 Å². The van der Waals surface area contributed by atoms with E-state index in [1.807, 2.05) is 0 Å². The zero-order valence-electron chi connectivity index (χ0n) is 18.2. The lowest BCUT2D eigenvalue weighted by Crippen LogP contribution is -2.35. The second-order valence-electron chi connectivity index (χ2n) is 7.90. The summed E-state index contributed by atoms with van der Waals surface area (Å²) in [5.41, 5.74) is 0. The lowest BCUT2D eigenvalue weighted by atomic mass is 10.2. The number of nitrogens with zero attached hydrogens (tertiary/aromatic N) is 1. The lowest BCUT2D eigenvalue weighted by molar-refractivity contribution is -0.162. The summed E-state index contributed by atoms with van der Waals surface area (Å²) < 4.78 is 26.2.